The third-order valence-corrected chi connectivity index (χ3v) is 9.09. The van der Waals surface area contributed by atoms with Crippen LogP contribution in [-0.2, 0) is 0 Å². The SMILES string of the molecule is Cc1ccc2c(c1)oc1c(C(=O)NCC3CCC4CC3C4(C)C)nn(C3=CCC(C)C=C3Cl)c12. The minimum absolute atomic E-state index is 0.177. The van der Waals surface area contributed by atoms with Crippen molar-refractivity contribution < 1.29 is 9.21 Å². The molecule has 0 radical (unpaired) electrons. The Morgan fingerprint density at radius 1 is 1.32 bits per heavy atom. The Labute approximate surface area is 205 Å². The highest BCUT2D eigenvalue weighted by Gasteiger charge is 2.54. The molecule has 4 atom stereocenters. The molecule has 4 aliphatic rings. The third-order valence-electron chi connectivity index (χ3n) is 8.77. The lowest BCUT2D eigenvalue weighted by atomic mass is 9.45. The fourth-order valence-electron chi connectivity index (χ4n) is 6.58. The zero-order valence-electron chi connectivity index (χ0n) is 20.3. The molecule has 34 heavy (non-hydrogen) atoms. The highest BCUT2D eigenvalue weighted by atomic mass is 35.5. The van der Waals surface area contributed by atoms with Crippen molar-refractivity contribution in [3.8, 4) is 0 Å². The van der Waals surface area contributed by atoms with Gasteiger partial charge in [0.15, 0.2) is 11.3 Å². The number of nitrogens with zero attached hydrogens (tertiary/aromatic N) is 2. The van der Waals surface area contributed by atoms with E-state index >= 15 is 0 Å². The number of aryl methyl sites for hydroxylation is 1. The van der Waals surface area contributed by atoms with Gasteiger partial charge in [0.25, 0.3) is 5.91 Å². The summed E-state index contributed by atoms with van der Waals surface area (Å²) in [7, 11) is 0. The second-order valence-electron chi connectivity index (χ2n) is 11.3. The van der Waals surface area contributed by atoms with Crippen molar-refractivity contribution >= 4 is 45.3 Å². The predicted octanol–water partition coefficient (Wildman–Crippen LogP) is 6.90. The smallest absolute Gasteiger partial charge is 0.275 e. The second kappa shape index (κ2) is 7.74. The van der Waals surface area contributed by atoms with Crippen LogP contribution in [0.3, 0.4) is 0 Å². The van der Waals surface area contributed by atoms with E-state index in [0.717, 1.165) is 40.1 Å². The fraction of sp³-hybridized carbons (Fsp3) is 0.500. The number of carbonyl (C=O) groups is 1. The number of halogens is 1. The van der Waals surface area contributed by atoms with Crippen LogP contribution in [0.1, 0.15) is 62.5 Å². The summed E-state index contributed by atoms with van der Waals surface area (Å²) in [6.45, 7) is 9.64. The lowest BCUT2D eigenvalue weighted by Gasteiger charge is -2.60. The van der Waals surface area contributed by atoms with E-state index in [4.69, 9.17) is 21.1 Å². The first-order valence-corrected chi connectivity index (χ1v) is 12.9. The summed E-state index contributed by atoms with van der Waals surface area (Å²) in [5.41, 5.74) is 4.72. The van der Waals surface area contributed by atoms with Crippen LogP contribution in [-0.4, -0.2) is 22.2 Å². The molecule has 0 aliphatic heterocycles. The molecule has 0 spiro atoms. The van der Waals surface area contributed by atoms with Crippen LogP contribution < -0.4 is 5.32 Å². The third kappa shape index (κ3) is 3.27. The number of benzene rings is 1. The standard InChI is InChI=1S/C28H32ClN3O2/c1-15-6-10-22(21(29)11-15)32-25-19-9-5-16(2)12-23(19)34-26(25)24(31-32)27(33)30-14-17-7-8-18-13-20(17)28(18,3)4/h5,9-12,15,17-18,20H,6-8,13-14H2,1-4H3,(H,30,33). The van der Waals surface area contributed by atoms with Crippen molar-refractivity contribution in [2.24, 2.45) is 29.1 Å². The summed E-state index contributed by atoms with van der Waals surface area (Å²) in [6.07, 6.45) is 8.79. The lowest BCUT2D eigenvalue weighted by Crippen LogP contribution is -2.54. The van der Waals surface area contributed by atoms with E-state index in [-0.39, 0.29) is 5.91 Å². The minimum atomic E-state index is -0.177. The van der Waals surface area contributed by atoms with Crippen molar-refractivity contribution in [2.75, 3.05) is 6.54 Å². The molecule has 2 aromatic heterocycles. The summed E-state index contributed by atoms with van der Waals surface area (Å²) in [5.74, 6) is 2.27. The highest BCUT2D eigenvalue weighted by molar-refractivity contribution is 6.36. The molecule has 4 unspecified atom stereocenters. The van der Waals surface area contributed by atoms with Gasteiger partial charge >= 0.3 is 0 Å². The van der Waals surface area contributed by atoms with Gasteiger partial charge in [-0.05, 0) is 79.4 Å². The van der Waals surface area contributed by atoms with Gasteiger partial charge < -0.3 is 9.73 Å². The van der Waals surface area contributed by atoms with Crippen molar-refractivity contribution in [3.05, 3.63) is 46.6 Å². The van der Waals surface area contributed by atoms with Crippen molar-refractivity contribution in [1.82, 2.24) is 15.1 Å². The van der Waals surface area contributed by atoms with Gasteiger partial charge in [0.2, 0.25) is 0 Å². The zero-order valence-corrected chi connectivity index (χ0v) is 21.1. The number of amides is 1. The van der Waals surface area contributed by atoms with Crippen LogP contribution in [0, 0.1) is 36.0 Å². The van der Waals surface area contributed by atoms with E-state index in [1.54, 1.807) is 4.68 Å². The van der Waals surface area contributed by atoms with Crippen LogP contribution in [0.5, 0.6) is 0 Å². The molecule has 3 fully saturated rings. The molecule has 6 heteroatoms. The molecule has 5 nitrogen and oxygen atoms in total. The summed E-state index contributed by atoms with van der Waals surface area (Å²) in [6, 6.07) is 6.10. The van der Waals surface area contributed by atoms with Crippen LogP contribution in [0.15, 0.2) is 39.8 Å². The lowest BCUT2D eigenvalue weighted by molar-refractivity contribution is -0.103. The van der Waals surface area contributed by atoms with Crippen LogP contribution in [0.25, 0.3) is 27.8 Å². The van der Waals surface area contributed by atoms with Crippen molar-refractivity contribution in [1.29, 1.82) is 0 Å². The van der Waals surface area contributed by atoms with Gasteiger partial charge in [-0.2, -0.15) is 5.10 Å². The maximum absolute atomic E-state index is 13.4. The van der Waals surface area contributed by atoms with Gasteiger partial charge in [0, 0.05) is 11.9 Å². The summed E-state index contributed by atoms with van der Waals surface area (Å²) in [5, 5.41) is 9.55. The van der Waals surface area contributed by atoms with Crippen LogP contribution >= 0.6 is 11.6 Å². The Bertz CT molecular complexity index is 1370. The number of allylic oxidation sites excluding steroid dienone is 4. The zero-order chi connectivity index (χ0) is 23.8. The van der Waals surface area contributed by atoms with E-state index in [0.29, 0.717) is 46.0 Å². The number of nitrogens with one attached hydrogen (secondary N) is 1. The van der Waals surface area contributed by atoms with Gasteiger partial charge in [-0.25, -0.2) is 4.68 Å². The average molecular weight is 478 g/mol. The Kier molecular flexibility index (Phi) is 5.00. The Balaban J connectivity index is 1.37. The maximum atomic E-state index is 13.4. The number of furan rings is 1. The monoisotopic (exact) mass is 477 g/mol. The number of rotatable bonds is 4. The minimum Gasteiger partial charge on any atom is -0.452 e. The molecule has 1 aromatic carbocycles. The Hall–Kier alpha value is -2.53. The molecule has 4 aliphatic carbocycles. The molecule has 3 aromatic rings. The van der Waals surface area contributed by atoms with E-state index < -0.39 is 0 Å². The van der Waals surface area contributed by atoms with Crippen molar-refractivity contribution in [3.63, 3.8) is 0 Å². The Morgan fingerprint density at radius 2 is 2.15 bits per heavy atom. The van der Waals surface area contributed by atoms with Crippen LogP contribution in [0.4, 0.5) is 0 Å². The van der Waals surface area contributed by atoms with E-state index in [2.05, 4.69) is 38.2 Å². The first-order valence-electron chi connectivity index (χ1n) is 12.5. The first kappa shape index (κ1) is 22.0. The molecule has 2 heterocycles. The number of carbonyl (C=O) groups excluding carboxylic acids is 1. The van der Waals surface area contributed by atoms with E-state index in [1.165, 1.54) is 19.3 Å². The number of fused-ring (bicyclic) bond motifs is 5. The number of hydrogen-bond donors (Lipinski definition) is 1. The largest absolute Gasteiger partial charge is 0.452 e. The van der Waals surface area contributed by atoms with Gasteiger partial charge in [0.05, 0.1) is 10.7 Å². The summed E-state index contributed by atoms with van der Waals surface area (Å²) < 4.78 is 8.04. The molecule has 3 saturated carbocycles. The molecule has 178 valence electrons. The summed E-state index contributed by atoms with van der Waals surface area (Å²) in [4.78, 5) is 13.4. The molecule has 0 saturated heterocycles. The molecular formula is C28H32ClN3O2. The molecule has 1 N–H and O–H groups in total. The summed E-state index contributed by atoms with van der Waals surface area (Å²) >= 11 is 6.66. The van der Waals surface area contributed by atoms with Crippen molar-refractivity contribution in [2.45, 2.75) is 53.4 Å². The van der Waals surface area contributed by atoms with Gasteiger partial charge in [-0.1, -0.05) is 50.6 Å². The number of hydrogen-bond acceptors (Lipinski definition) is 3. The topological polar surface area (TPSA) is 60.1 Å². The van der Waals surface area contributed by atoms with Crippen LogP contribution in [0.2, 0.25) is 0 Å². The Morgan fingerprint density at radius 3 is 2.88 bits per heavy atom. The molecule has 2 bridgehead atoms. The quantitative estimate of drug-likeness (QED) is 0.444. The molecule has 7 rings (SSSR count). The second-order valence-corrected chi connectivity index (χ2v) is 11.7. The molecular weight excluding hydrogens is 446 g/mol. The molecule has 1 amide bonds. The van der Waals surface area contributed by atoms with Gasteiger partial charge in [-0.15, -0.1) is 0 Å². The first-order chi connectivity index (χ1) is 16.2. The average Bonchev–Trinajstić information content (AvgIpc) is 3.34. The van der Waals surface area contributed by atoms with Gasteiger partial charge in [0.1, 0.15) is 11.1 Å². The van der Waals surface area contributed by atoms with Gasteiger partial charge in [-0.3, -0.25) is 4.79 Å². The normalized spacial score (nSPS) is 27.9. The maximum Gasteiger partial charge on any atom is 0.275 e. The number of aromatic nitrogens is 2. The predicted molar refractivity (Wildman–Crippen MR) is 137 cm³/mol. The van der Waals surface area contributed by atoms with E-state index in [9.17, 15) is 4.79 Å². The van der Waals surface area contributed by atoms with E-state index in [1.807, 2.05) is 25.1 Å². The fourth-order valence-corrected chi connectivity index (χ4v) is 6.95. The highest BCUT2D eigenvalue weighted by Crippen LogP contribution is 2.61.